The van der Waals surface area contributed by atoms with Crippen LogP contribution >= 0.6 is 15.9 Å². The van der Waals surface area contributed by atoms with Crippen LogP contribution in [-0.2, 0) is 6.54 Å². The second-order valence-electron chi connectivity index (χ2n) is 3.52. The zero-order valence-corrected chi connectivity index (χ0v) is 11.0. The monoisotopic (exact) mass is 323 g/mol. The van der Waals surface area contributed by atoms with Crippen LogP contribution in [0.2, 0.25) is 0 Å². The lowest BCUT2D eigenvalue weighted by atomic mass is 10.3. The van der Waals surface area contributed by atoms with Crippen molar-refractivity contribution in [3.8, 4) is 0 Å². The number of aliphatic hydroxyl groups excluding tert-OH is 1. The van der Waals surface area contributed by atoms with Gasteiger partial charge in [-0.15, -0.1) is 6.58 Å². The van der Waals surface area contributed by atoms with Crippen molar-refractivity contribution in [2.24, 2.45) is 0 Å². The number of aromatic nitrogens is 2. The Morgan fingerprint density at radius 1 is 1.67 bits per heavy atom. The van der Waals surface area contributed by atoms with Gasteiger partial charge in [-0.25, -0.2) is 13.5 Å². The van der Waals surface area contributed by atoms with Crippen molar-refractivity contribution < 1.29 is 13.9 Å². The summed E-state index contributed by atoms with van der Waals surface area (Å²) < 4.78 is 26.9. The molecular weight excluding hydrogens is 312 g/mol. The fourth-order valence-electron chi connectivity index (χ4n) is 1.12. The molecule has 100 valence electrons. The number of anilines is 1. The second-order valence-corrected chi connectivity index (χ2v) is 4.31. The molecule has 1 aromatic heterocycles. The molecule has 0 aliphatic heterocycles. The van der Waals surface area contributed by atoms with Crippen molar-refractivity contribution >= 4 is 21.6 Å². The molecule has 0 amide bonds. The largest absolute Gasteiger partial charge is 0.390 e. The Bertz CT molecular complexity index is 491. The van der Waals surface area contributed by atoms with Gasteiger partial charge in [-0.1, -0.05) is 6.08 Å². The van der Waals surface area contributed by atoms with Crippen LogP contribution in [0.25, 0.3) is 0 Å². The Morgan fingerprint density at radius 2 is 2.33 bits per heavy atom. The third-order valence-electron chi connectivity index (χ3n) is 2.06. The molecule has 1 heterocycles. The van der Waals surface area contributed by atoms with Crippen LogP contribution in [0, 0.1) is 0 Å². The highest BCUT2D eigenvalue weighted by atomic mass is 79.9. The summed E-state index contributed by atoms with van der Waals surface area (Å²) in [5.74, 6) is -3.25. The molecule has 0 aromatic carbocycles. The van der Waals surface area contributed by atoms with Gasteiger partial charge in [-0.3, -0.25) is 4.79 Å². The first-order chi connectivity index (χ1) is 8.41. The van der Waals surface area contributed by atoms with E-state index in [-0.39, 0.29) is 16.7 Å². The quantitative estimate of drug-likeness (QED) is 0.773. The van der Waals surface area contributed by atoms with Crippen LogP contribution in [0.4, 0.5) is 14.5 Å². The fourth-order valence-corrected chi connectivity index (χ4v) is 1.57. The van der Waals surface area contributed by atoms with Gasteiger partial charge in [0.1, 0.15) is 11.1 Å². The summed E-state index contributed by atoms with van der Waals surface area (Å²) in [6, 6.07) is 0. The summed E-state index contributed by atoms with van der Waals surface area (Å²) in [5, 5.41) is 14.6. The molecule has 0 bridgehead atoms. The molecule has 0 fully saturated rings. The highest BCUT2D eigenvalue weighted by molar-refractivity contribution is 9.10. The molecule has 0 saturated carbocycles. The maximum Gasteiger partial charge on any atom is 0.287 e. The summed E-state index contributed by atoms with van der Waals surface area (Å²) in [6.07, 6.45) is 2.75. The third kappa shape index (κ3) is 3.61. The third-order valence-corrected chi connectivity index (χ3v) is 2.82. The van der Waals surface area contributed by atoms with E-state index in [1.807, 2.05) is 0 Å². The van der Waals surface area contributed by atoms with Gasteiger partial charge in [0.05, 0.1) is 25.0 Å². The number of allylic oxidation sites excluding steroid dienone is 1. The number of aliphatic hydroxyl groups is 1. The first-order valence-corrected chi connectivity index (χ1v) is 5.79. The Morgan fingerprint density at radius 3 is 2.89 bits per heavy atom. The standard InChI is InChI=1S/C10H12BrF2N3O2/c1-2-3-16-9(18)8(11)7(4-15-16)14-5-10(12,13)6-17/h2,4,14,17H,1,3,5-6H2. The maximum absolute atomic E-state index is 12.8. The molecule has 0 aliphatic carbocycles. The van der Waals surface area contributed by atoms with Gasteiger partial charge in [0.2, 0.25) is 0 Å². The number of hydrogen-bond donors (Lipinski definition) is 2. The van der Waals surface area contributed by atoms with Gasteiger partial charge in [-0.2, -0.15) is 5.10 Å². The summed E-state index contributed by atoms with van der Waals surface area (Å²) in [7, 11) is 0. The lowest BCUT2D eigenvalue weighted by molar-refractivity contribution is -0.0373. The summed E-state index contributed by atoms with van der Waals surface area (Å²) in [5.41, 5.74) is -0.305. The minimum absolute atomic E-state index is 0.105. The van der Waals surface area contributed by atoms with Crippen molar-refractivity contribution in [2.75, 3.05) is 18.5 Å². The van der Waals surface area contributed by atoms with Crippen LogP contribution in [-0.4, -0.2) is 34.0 Å². The zero-order chi connectivity index (χ0) is 13.8. The number of nitrogens with zero attached hydrogens (tertiary/aromatic N) is 2. The van der Waals surface area contributed by atoms with E-state index in [4.69, 9.17) is 5.11 Å². The van der Waals surface area contributed by atoms with E-state index in [1.165, 1.54) is 12.3 Å². The molecule has 2 N–H and O–H groups in total. The van der Waals surface area contributed by atoms with Crippen LogP contribution in [0.1, 0.15) is 0 Å². The molecule has 1 aromatic rings. The predicted molar refractivity (Wildman–Crippen MR) is 66.9 cm³/mol. The molecule has 5 nitrogen and oxygen atoms in total. The molecule has 1 rings (SSSR count). The molecule has 8 heteroatoms. The molecule has 0 saturated heterocycles. The summed E-state index contributed by atoms with van der Waals surface area (Å²) in [6.45, 7) is 1.65. The predicted octanol–water partition coefficient (Wildman–Crippen LogP) is 1.23. The van der Waals surface area contributed by atoms with E-state index in [1.54, 1.807) is 0 Å². The van der Waals surface area contributed by atoms with Crippen molar-refractivity contribution in [3.63, 3.8) is 0 Å². The van der Waals surface area contributed by atoms with E-state index in [2.05, 4.69) is 32.9 Å². The van der Waals surface area contributed by atoms with E-state index in [0.29, 0.717) is 0 Å². The topological polar surface area (TPSA) is 67.2 Å². The first-order valence-electron chi connectivity index (χ1n) is 5.00. The van der Waals surface area contributed by atoms with Gasteiger partial charge >= 0.3 is 0 Å². The molecular formula is C10H12BrF2N3O2. The molecule has 0 aliphatic rings. The van der Waals surface area contributed by atoms with Crippen molar-refractivity contribution in [1.82, 2.24) is 9.78 Å². The lowest BCUT2D eigenvalue weighted by Crippen LogP contribution is -2.32. The number of rotatable bonds is 6. The Hall–Kier alpha value is -1.28. The van der Waals surface area contributed by atoms with Crippen molar-refractivity contribution in [3.05, 3.63) is 33.7 Å². The molecule has 0 atom stereocenters. The van der Waals surface area contributed by atoms with Gasteiger partial charge in [-0.05, 0) is 15.9 Å². The number of hydrogen-bond acceptors (Lipinski definition) is 4. The van der Waals surface area contributed by atoms with Crippen LogP contribution < -0.4 is 10.9 Å². The smallest absolute Gasteiger partial charge is 0.287 e. The maximum atomic E-state index is 12.8. The van der Waals surface area contributed by atoms with Crippen molar-refractivity contribution in [2.45, 2.75) is 12.5 Å². The summed E-state index contributed by atoms with van der Waals surface area (Å²) in [4.78, 5) is 11.7. The minimum atomic E-state index is -3.25. The number of alkyl halides is 2. The molecule has 0 unspecified atom stereocenters. The highest BCUT2D eigenvalue weighted by Crippen LogP contribution is 2.19. The van der Waals surface area contributed by atoms with E-state index in [0.717, 1.165) is 4.68 Å². The van der Waals surface area contributed by atoms with E-state index >= 15 is 0 Å². The Balaban J connectivity index is 2.89. The van der Waals surface area contributed by atoms with Gasteiger partial charge < -0.3 is 10.4 Å². The van der Waals surface area contributed by atoms with Gasteiger partial charge in [0.15, 0.2) is 0 Å². The molecule has 18 heavy (non-hydrogen) atoms. The lowest BCUT2D eigenvalue weighted by Gasteiger charge is -2.15. The van der Waals surface area contributed by atoms with Gasteiger partial charge in [0.25, 0.3) is 11.5 Å². The van der Waals surface area contributed by atoms with E-state index in [9.17, 15) is 13.6 Å². The molecule has 0 spiro atoms. The van der Waals surface area contributed by atoms with Crippen LogP contribution in [0.15, 0.2) is 28.1 Å². The highest BCUT2D eigenvalue weighted by Gasteiger charge is 2.27. The minimum Gasteiger partial charge on any atom is -0.390 e. The second kappa shape index (κ2) is 6.05. The average molecular weight is 324 g/mol. The van der Waals surface area contributed by atoms with Crippen LogP contribution in [0.3, 0.4) is 0 Å². The van der Waals surface area contributed by atoms with Crippen LogP contribution in [0.5, 0.6) is 0 Å². The number of halogens is 3. The summed E-state index contributed by atoms with van der Waals surface area (Å²) >= 11 is 3.01. The SMILES string of the molecule is C=CCn1ncc(NCC(F)(F)CO)c(Br)c1=O. The zero-order valence-electron chi connectivity index (χ0n) is 9.37. The Kier molecular flexibility index (Phi) is 4.97. The van der Waals surface area contributed by atoms with Crippen molar-refractivity contribution in [1.29, 1.82) is 0 Å². The molecule has 0 radical (unpaired) electrons. The average Bonchev–Trinajstić information content (AvgIpc) is 2.34. The number of nitrogens with one attached hydrogen (secondary N) is 1. The van der Waals surface area contributed by atoms with E-state index < -0.39 is 24.6 Å². The normalized spacial score (nSPS) is 11.3. The first kappa shape index (κ1) is 14.8. The fraction of sp³-hybridized carbons (Fsp3) is 0.400. The van der Waals surface area contributed by atoms with Gasteiger partial charge in [0, 0.05) is 0 Å². The Labute approximate surface area is 110 Å².